The van der Waals surface area contributed by atoms with Crippen LogP contribution in [0.2, 0.25) is 0 Å². The summed E-state index contributed by atoms with van der Waals surface area (Å²) in [5, 5.41) is 5.94. The van der Waals surface area contributed by atoms with Crippen LogP contribution in [-0.2, 0) is 17.8 Å². The van der Waals surface area contributed by atoms with Crippen LogP contribution in [-0.4, -0.2) is 53.9 Å². The molecule has 6 aromatic rings. The summed E-state index contributed by atoms with van der Waals surface area (Å²) in [4.78, 5) is 33.9. The first kappa shape index (κ1) is 36.7. The van der Waals surface area contributed by atoms with E-state index in [2.05, 4.69) is 75.7 Å². The molecule has 0 spiro atoms. The fourth-order valence-electron chi connectivity index (χ4n) is 6.27. The smallest absolute Gasteiger partial charge is 0.255 e. The van der Waals surface area contributed by atoms with Gasteiger partial charge in [0.1, 0.15) is 0 Å². The Morgan fingerprint density at radius 3 is 1.85 bits per heavy atom. The number of piperazine rings is 1. The Kier molecular flexibility index (Phi) is 12.8. The number of hydrogen-bond acceptors (Lipinski definition) is 5. The van der Waals surface area contributed by atoms with Crippen molar-refractivity contribution in [3.05, 3.63) is 175 Å². The fraction of sp³-hybridized carbons (Fsp3) is 0.196. The van der Waals surface area contributed by atoms with Gasteiger partial charge in [0.05, 0.1) is 12.1 Å². The molecule has 1 aliphatic rings. The Bertz CT molecular complexity index is 2010. The SMILES string of the molecule is CC(C)N1CCN(c2ccc(NC(=O)c3ccc(-c4ccccn4)cc3)cc2)CC1.O=C(Cc1ccc(-c2ccccc2)cc1)NCc1ccccc1. The molecular formula is C46H47N5O2. The number of nitrogens with one attached hydrogen (secondary N) is 2. The molecule has 0 aliphatic carbocycles. The van der Waals surface area contributed by atoms with Crippen molar-refractivity contribution in [2.75, 3.05) is 36.4 Å². The molecule has 53 heavy (non-hydrogen) atoms. The standard InChI is InChI=1S/C25H28N4O.C21H19NO/c1-19(2)28-15-17-29(18-16-28)23-12-10-22(11-13-23)27-25(30)21-8-6-20(7-9-21)24-5-3-4-14-26-24;23-21(22-16-18-7-3-1-4-8-18)15-17-11-13-20(14-12-17)19-9-5-2-6-10-19/h3-14,19H,15-18H2,1-2H3,(H,27,30);1-14H,15-16H2,(H,22,23). The Balaban J connectivity index is 0.000000188. The molecule has 268 valence electrons. The molecular weight excluding hydrogens is 655 g/mol. The second-order valence-electron chi connectivity index (χ2n) is 13.4. The van der Waals surface area contributed by atoms with E-state index in [1.807, 2.05) is 115 Å². The summed E-state index contributed by atoms with van der Waals surface area (Å²) >= 11 is 0. The first-order valence-electron chi connectivity index (χ1n) is 18.3. The van der Waals surface area contributed by atoms with E-state index in [0.29, 0.717) is 24.6 Å². The first-order chi connectivity index (χ1) is 25.9. The van der Waals surface area contributed by atoms with Crippen molar-refractivity contribution in [1.82, 2.24) is 15.2 Å². The van der Waals surface area contributed by atoms with Gasteiger partial charge in [-0.15, -0.1) is 0 Å². The van der Waals surface area contributed by atoms with Gasteiger partial charge in [0.25, 0.3) is 5.91 Å². The summed E-state index contributed by atoms with van der Waals surface area (Å²) in [6, 6.07) is 50.4. The number of amides is 2. The number of aromatic nitrogens is 1. The predicted molar refractivity (Wildman–Crippen MR) is 217 cm³/mol. The van der Waals surface area contributed by atoms with Crippen LogP contribution < -0.4 is 15.5 Å². The van der Waals surface area contributed by atoms with E-state index in [4.69, 9.17) is 0 Å². The highest BCUT2D eigenvalue weighted by Gasteiger charge is 2.19. The van der Waals surface area contributed by atoms with Crippen molar-refractivity contribution >= 4 is 23.2 Å². The maximum Gasteiger partial charge on any atom is 0.255 e. The van der Waals surface area contributed by atoms with Crippen molar-refractivity contribution in [3.63, 3.8) is 0 Å². The van der Waals surface area contributed by atoms with E-state index in [9.17, 15) is 9.59 Å². The van der Waals surface area contributed by atoms with Gasteiger partial charge in [0.2, 0.25) is 5.91 Å². The molecule has 2 N–H and O–H groups in total. The van der Waals surface area contributed by atoms with Gasteiger partial charge < -0.3 is 15.5 Å². The fourth-order valence-corrected chi connectivity index (χ4v) is 6.27. The monoisotopic (exact) mass is 701 g/mol. The van der Waals surface area contributed by atoms with Gasteiger partial charge >= 0.3 is 0 Å². The third-order valence-corrected chi connectivity index (χ3v) is 9.40. The molecule has 7 heteroatoms. The van der Waals surface area contributed by atoms with E-state index in [1.165, 1.54) is 16.8 Å². The third kappa shape index (κ3) is 10.7. The zero-order chi connectivity index (χ0) is 36.8. The average molecular weight is 702 g/mol. The summed E-state index contributed by atoms with van der Waals surface area (Å²) in [7, 11) is 0. The van der Waals surface area contributed by atoms with Crippen LogP contribution in [0.15, 0.2) is 158 Å². The number of carbonyl (C=O) groups excluding carboxylic acids is 2. The normalized spacial score (nSPS) is 12.8. The molecule has 7 rings (SSSR count). The Morgan fingerprint density at radius 2 is 1.23 bits per heavy atom. The molecule has 5 aromatic carbocycles. The van der Waals surface area contributed by atoms with E-state index in [0.717, 1.165) is 54.3 Å². The third-order valence-electron chi connectivity index (χ3n) is 9.40. The lowest BCUT2D eigenvalue weighted by molar-refractivity contribution is -0.120. The van der Waals surface area contributed by atoms with Crippen molar-refractivity contribution in [2.45, 2.75) is 32.9 Å². The lowest BCUT2D eigenvalue weighted by Crippen LogP contribution is -2.48. The van der Waals surface area contributed by atoms with E-state index >= 15 is 0 Å². The van der Waals surface area contributed by atoms with E-state index in [-0.39, 0.29) is 11.8 Å². The molecule has 0 atom stereocenters. The van der Waals surface area contributed by atoms with Crippen LogP contribution >= 0.6 is 0 Å². The molecule has 1 aliphatic heterocycles. The van der Waals surface area contributed by atoms with Gasteiger partial charge in [-0.25, -0.2) is 0 Å². The Labute approximate surface area is 313 Å². The minimum Gasteiger partial charge on any atom is -0.369 e. The lowest BCUT2D eigenvalue weighted by Gasteiger charge is -2.38. The average Bonchev–Trinajstić information content (AvgIpc) is 3.22. The van der Waals surface area contributed by atoms with Crippen LogP contribution in [0.3, 0.4) is 0 Å². The van der Waals surface area contributed by atoms with Crippen LogP contribution in [0, 0.1) is 0 Å². The maximum atomic E-state index is 12.6. The number of benzene rings is 5. The van der Waals surface area contributed by atoms with Gasteiger partial charge in [-0.05, 0) is 84.6 Å². The number of rotatable bonds is 10. The summed E-state index contributed by atoms with van der Waals surface area (Å²) in [6.07, 6.45) is 2.17. The molecule has 1 aromatic heterocycles. The van der Waals surface area contributed by atoms with Crippen LogP contribution in [0.4, 0.5) is 11.4 Å². The molecule has 0 bridgehead atoms. The van der Waals surface area contributed by atoms with Gasteiger partial charge in [-0.3, -0.25) is 19.5 Å². The van der Waals surface area contributed by atoms with Crippen LogP contribution in [0.1, 0.15) is 35.3 Å². The molecule has 1 saturated heterocycles. The highest BCUT2D eigenvalue weighted by atomic mass is 16.2. The quantitative estimate of drug-likeness (QED) is 0.149. The Hall–Kier alpha value is -6.05. The van der Waals surface area contributed by atoms with Gasteiger partial charge in [0, 0.05) is 67.5 Å². The molecule has 1 fully saturated rings. The summed E-state index contributed by atoms with van der Waals surface area (Å²) < 4.78 is 0. The first-order valence-corrected chi connectivity index (χ1v) is 18.3. The van der Waals surface area contributed by atoms with E-state index < -0.39 is 0 Å². The molecule has 0 unspecified atom stereocenters. The minimum atomic E-state index is -0.110. The largest absolute Gasteiger partial charge is 0.369 e. The number of carbonyl (C=O) groups is 2. The van der Waals surface area contributed by atoms with Crippen molar-refractivity contribution in [1.29, 1.82) is 0 Å². The predicted octanol–water partition coefficient (Wildman–Crippen LogP) is 8.74. The van der Waals surface area contributed by atoms with Gasteiger partial charge in [0.15, 0.2) is 0 Å². The molecule has 2 heterocycles. The zero-order valence-electron chi connectivity index (χ0n) is 30.5. The van der Waals surface area contributed by atoms with Crippen LogP contribution in [0.25, 0.3) is 22.4 Å². The number of anilines is 2. The molecule has 0 radical (unpaired) electrons. The molecule has 7 nitrogen and oxygen atoms in total. The van der Waals surface area contributed by atoms with Gasteiger partial charge in [-0.1, -0.05) is 103 Å². The summed E-state index contributed by atoms with van der Waals surface area (Å²) in [5.41, 5.74) is 9.02. The summed E-state index contributed by atoms with van der Waals surface area (Å²) in [5.74, 6) is -0.0674. The van der Waals surface area contributed by atoms with Crippen molar-refractivity contribution in [3.8, 4) is 22.4 Å². The number of nitrogens with zero attached hydrogens (tertiary/aromatic N) is 3. The second-order valence-corrected chi connectivity index (χ2v) is 13.4. The second kappa shape index (κ2) is 18.4. The minimum absolute atomic E-state index is 0.0429. The van der Waals surface area contributed by atoms with Crippen LogP contribution in [0.5, 0.6) is 0 Å². The Morgan fingerprint density at radius 1 is 0.623 bits per heavy atom. The number of pyridine rings is 1. The van der Waals surface area contributed by atoms with E-state index in [1.54, 1.807) is 6.20 Å². The van der Waals surface area contributed by atoms with Crippen molar-refractivity contribution < 1.29 is 9.59 Å². The highest BCUT2D eigenvalue weighted by Crippen LogP contribution is 2.22. The maximum absolute atomic E-state index is 12.6. The zero-order valence-corrected chi connectivity index (χ0v) is 30.5. The number of hydrogen-bond donors (Lipinski definition) is 2. The summed E-state index contributed by atoms with van der Waals surface area (Å²) in [6.45, 7) is 9.31. The lowest BCUT2D eigenvalue weighted by atomic mass is 10.0. The van der Waals surface area contributed by atoms with Gasteiger partial charge in [-0.2, -0.15) is 0 Å². The van der Waals surface area contributed by atoms with Crippen molar-refractivity contribution in [2.24, 2.45) is 0 Å². The molecule has 2 amide bonds. The molecule has 0 saturated carbocycles. The topological polar surface area (TPSA) is 77.6 Å². The highest BCUT2D eigenvalue weighted by molar-refractivity contribution is 6.04.